The van der Waals surface area contributed by atoms with Crippen molar-refractivity contribution in [3.05, 3.63) is 34.6 Å². The summed E-state index contributed by atoms with van der Waals surface area (Å²) >= 11 is 7.80. The molecule has 0 amide bonds. The highest BCUT2D eigenvalue weighted by Gasteiger charge is 2.41. The van der Waals surface area contributed by atoms with E-state index in [9.17, 15) is 4.39 Å². The third-order valence-electron chi connectivity index (χ3n) is 4.69. The van der Waals surface area contributed by atoms with Gasteiger partial charge in [-0.2, -0.15) is 11.8 Å². The van der Waals surface area contributed by atoms with Crippen molar-refractivity contribution in [1.82, 2.24) is 0 Å². The lowest BCUT2D eigenvalue weighted by atomic mass is 9.80. The van der Waals surface area contributed by atoms with E-state index in [2.05, 4.69) is 0 Å². The van der Waals surface area contributed by atoms with Crippen molar-refractivity contribution in [2.24, 2.45) is 11.7 Å². The SMILES string of the molecule is NC(Cc1cccc(Cl)c1F)C1CCOC2(CCSC2)C1. The molecule has 2 aliphatic rings. The maximum atomic E-state index is 14.0. The summed E-state index contributed by atoms with van der Waals surface area (Å²) in [7, 11) is 0. The summed E-state index contributed by atoms with van der Waals surface area (Å²) in [4.78, 5) is 0. The van der Waals surface area contributed by atoms with Crippen LogP contribution in [0.2, 0.25) is 5.02 Å². The molecule has 0 aromatic heterocycles. The van der Waals surface area contributed by atoms with Crippen LogP contribution in [0.5, 0.6) is 0 Å². The summed E-state index contributed by atoms with van der Waals surface area (Å²) in [6, 6.07) is 5.10. The molecule has 2 aliphatic heterocycles. The summed E-state index contributed by atoms with van der Waals surface area (Å²) < 4.78 is 20.0. The van der Waals surface area contributed by atoms with Crippen molar-refractivity contribution in [3.63, 3.8) is 0 Å². The number of benzene rings is 1. The molecule has 116 valence electrons. The summed E-state index contributed by atoms with van der Waals surface area (Å²) in [5.74, 6) is 2.32. The van der Waals surface area contributed by atoms with Gasteiger partial charge in [0, 0.05) is 18.4 Å². The molecule has 5 heteroatoms. The molecule has 1 aromatic carbocycles. The molecule has 2 heterocycles. The Morgan fingerprint density at radius 2 is 2.38 bits per heavy atom. The van der Waals surface area contributed by atoms with Gasteiger partial charge < -0.3 is 10.5 Å². The van der Waals surface area contributed by atoms with Gasteiger partial charge in [0.05, 0.1) is 10.6 Å². The normalized spacial score (nSPS) is 30.7. The lowest BCUT2D eigenvalue weighted by Crippen LogP contribution is -2.46. The van der Waals surface area contributed by atoms with Crippen LogP contribution in [0.4, 0.5) is 4.39 Å². The topological polar surface area (TPSA) is 35.2 Å². The van der Waals surface area contributed by atoms with Crippen LogP contribution in [-0.2, 0) is 11.2 Å². The minimum atomic E-state index is -0.326. The Morgan fingerprint density at radius 3 is 3.14 bits per heavy atom. The Kier molecular flexibility index (Phi) is 4.79. The van der Waals surface area contributed by atoms with Gasteiger partial charge in [-0.1, -0.05) is 23.7 Å². The van der Waals surface area contributed by atoms with Crippen LogP contribution >= 0.6 is 23.4 Å². The Morgan fingerprint density at radius 1 is 1.52 bits per heavy atom. The van der Waals surface area contributed by atoms with Crippen molar-refractivity contribution < 1.29 is 9.13 Å². The summed E-state index contributed by atoms with van der Waals surface area (Å²) in [5, 5.41) is 0.176. The first-order valence-electron chi connectivity index (χ1n) is 7.50. The van der Waals surface area contributed by atoms with Crippen molar-refractivity contribution in [1.29, 1.82) is 0 Å². The molecule has 2 fully saturated rings. The highest BCUT2D eigenvalue weighted by Crippen LogP contribution is 2.41. The van der Waals surface area contributed by atoms with Crippen LogP contribution in [0, 0.1) is 11.7 Å². The molecule has 1 aromatic rings. The van der Waals surface area contributed by atoms with Gasteiger partial charge in [0.15, 0.2) is 0 Å². The van der Waals surface area contributed by atoms with E-state index in [1.54, 1.807) is 18.2 Å². The van der Waals surface area contributed by atoms with E-state index in [0.29, 0.717) is 17.9 Å². The fraction of sp³-hybridized carbons (Fsp3) is 0.625. The molecule has 0 radical (unpaired) electrons. The Bertz CT molecular complexity index is 507. The van der Waals surface area contributed by atoms with E-state index in [-0.39, 0.29) is 22.5 Å². The standard InChI is InChI=1S/C16H21ClFNOS/c17-13-3-1-2-11(15(13)18)8-14(19)12-4-6-20-16(9-12)5-7-21-10-16/h1-3,12,14H,4-10,19H2. The molecule has 2 saturated heterocycles. The van der Waals surface area contributed by atoms with Gasteiger partial charge in [-0.3, -0.25) is 0 Å². The molecular weight excluding hydrogens is 309 g/mol. The predicted molar refractivity (Wildman–Crippen MR) is 86.4 cm³/mol. The molecule has 3 atom stereocenters. The van der Waals surface area contributed by atoms with E-state index in [1.165, 1.54) is 5.75 Å². The first-order valence-corrected chi connectivity index (χ1v) is 9.03. The minimum absolute atomic E-state index is 0.0259. The van der Waals surface area contributed by atoms with Gasteiger partial charge in [0.1, 0.15) is 5.82 Å². The van der Waals surface area contributed by atoms with Crippen LogP contribution in [0.25, 0.3) is 0 Å². The second-order valence-corrected chi connectivity index (χ2v) is 7.68. The van der Waals surface area contributed by atoms with E-state index in [1.807, 2.05) is 11.8 Å². The second-order valence-electron chi connectivity index (χ2n) is 6.17. The molecule has 2 N–H and O–H groups in total. The number of hydrogen-bond acceptors (Lipinski definition) is 3. The molecule has 0 bridgehead atoms. The van der Waals surface area contributed by atoms with E-state index < -0.39 is 0 Å². The lowest BCUT2D eigenvalue weighted by molar-refractivity contribution is -0.0831. The molecule has 0 saturated carbocycles. The number of hydrogen-bond donors (Lipinski definition) is 1. The molecule has 3 rings (SSSR count). The summed E-state index contributed by atoms with van der Waals surface area (Å²) in [5.41, 5.74) is 7.03. The van der Waals surface area contributed by atoms with Crippen molar-refractivity contribution in [3.8, 4) is 0 Å². The zero-order chi connectivity index (χ0) is 14.9. The van der Waals surface area contributed by atoms with E-state index >= 15 is 0 Å². The van der Waals surface area contributed by atoms with Gasteiger partial charge in [0.2, 0.25) is 0 Å². The van der Waals surface area contributed by atoms with Gasteiger partial charge in [0.25, 0.3) is 0 Å². The largest absolute Gasteiger partial charge is 0.374 e. The van der Waals surface area contributed by atoms with Gasteiger partial charge in [-0.15, -0.1) is 0 Å². The second kappa shape index (κ2) is 6.45. The first kappa shape index (κ1) is 15.6. The molecule has 2 nitrogen and oxygen atoms in total. The molecule has 1 spiro atoms. The van der Waals surface area contributed by atoms with Gasteiger partial charge in [-0.05, 0) is 49.0 Å². The van der Waals surface area contributed by atoms with Crippen LogP contribution in [-0.4, -0.2) is 29.8 Å². The van der Waals surface area contributed by atoms with Crippen molar-refractivity contribution in [2.75, 3.05) is 18.1 Å². The number of thioether (sulfide) groups is 1. The number of ether oxygens (including phenoxy) is 1. The first-order chi connectivity index (χ1) is 10.1. The average Bonchev–Trinajstić information content (AvgIpc) is 2.92. The average molecular weight is 330 g/mol. The number of nitrogens with two attached hydrogens (primary N) is 1. The third-order valence-corrected chi connectivity index (χ3v) is 6.21. The van der Waals surface area contributed by atoms with Crippen LogP contribution < -0.4 is 5.73 Å². The van der Waals surface area contributed by atoms with Gasteiger partial charge >= 0.3 is 0 Å². The quantitative estimate of drug-likeness (QED) is 0.919. The maximum absolute atomic E-state index is 14.0. The number of rotatable bonds is 3. The van der Waals surface area contributed by atoms with E-state index in [4.69, 9.17) is 22.1 Å². The fourth-order valence-electron chi connectivity index (χ4n) is 3.42. The van der Waals surface area contributed by atoms with Crippen molar-refractivity contribution >= 4 is 23.4 Å². The highest BCUT2D eigenvalue weighted by molar-refractivity contribution is 7.99. The minimum Gasteiger partial charge on any atom is -0.374 e. The Hall–Kier alpha value is -0.290. The Balaban J connectivity index is 1.67. The Labute approximate surface area is 134 Å². The summed E-state index contributed by atoms with van der Waals surface area (Å²) in [6.07, 6.45) is 3.63. The lowest BCUT2D eigenvalue weighted by Gasteiger charge is -2.40. The monoisotopic (exact) mass is 329 g/mol. The zero-order valence-electron chi connectivity index (χ0n) is 12.0. The van der Waals surface area contributed by atoms with Gasteiger partial charge in [-0.25, -0.2) is 4.39 Å². The maximum Gasteiger partial charge on any atom is 0.145 e. The smallest absolute Gasteiger partial charge is 0.145 e. The summed E-state index contributed by atoms with van der Waals surface area (Å²) in [6.45, 7) is 0.775. The highest BCUT2D eigenvalue weighted by atomic mass is 35.5. The van der Waals surface area contributed by atoms with E-state index in [0.717, 1.165) is 31.6 Å². The molecule has 0 aliphatic carbocycles. The van der Waals surface area contributed by atoms with Crippen LogP contribution in [0.15, 0.2) is 18.2 Å². The molecule has 3 unspecified atom stereocenters. The zero-order valence-corrected chi connectivity index (χ0v) is 13.6. The fourth-order valence-corrected chi connectivity index (χ4v) is 4.99. The number of halogens is 2. The predicted octanol–water partition coefficient (Wildman–Crippen LogP) is 3.65. The molecular formula is C16H21ClFNOS. The van der Waals surface area contributed by atoms with Crippen LogP contribution in [0.3, 0.4) is 0 Å². The third kappa shape index (κ3) is 3.39. The molecule has 21 heavy (non-hydrogen) atoms. The van der Waals surface area contributed by atoms with Crippen molar-refractivity contribution in [2.45, 2.75) is 37.3 Å². The van der Waals surface area contributed by atoms with Crippen LogP contribution in [0.1, 0.15) is 24.8 Å².